The molecule has 2 aromatic heterocycles. The van der Waals surface area contributed by atoms with Gasteiger partial charge in [0.15, 0.2) is 11.2 Å². The first-order chi connectivity index (χ1) is 8.47. The van der Waals surface area contributed by atoms with E-state index >= 15 is 0 Å². The van der Waals surface area contributed by atoms with Gasteiger partial charge in [0.25, 0.3) is 5.56 Å². The summed E-state index contributed by atoms with van der Waals surface area (Å²) < 4.78 is 3.15. The van der Waals surface area contributed by atoms with Gasteiger partial charge in [-0.1, -0.05) is 0 Å². The summed E-state index contributed by atoms with van der Waals surface area (Å²) in [5, 5.41) is 3.06. The molecule has 0 unspecified atom stereocenters. The average Bonchev–Trinajstić information content (AvgIpc) is 2.56. The molecule has 0 saturated heterocycles. The summed E-state index contributed by atoms with van der Waals surface area (Å²) in [5.74, 6) is 0.581. The third kappa shape index (κ3) is 1.71. The third-order valence-electron chi connectivity index (χ3n) is 2.81. The van der Waals surface area contributed by atoms with Crippen molar-refractivity contribution in [3.8, 4) is 0 Å². The molecule has 2 heterocycles. The fraction of sp³-hybridized carbons (Fsp3) is 0.545. The lowest BCUT2D eigenvalue weighted by atomic mass is 10.4. The highest BCUT2D eigenvalue weighted by Gasteiger charge is 2.17. The van der Waals surface area contributed by atoms with Crippen molar-refractivity contribution in [1.29, 1.82) is 0 Å². The highest BCUT2D eigenvalue weighted by Crippen LogP contribution is 2.15. The molecule has 0 atom stereocenters. The Labute approximate surface area is 103 Å². The number of aromatic amines is 1. The molecule has 2 aromatic rings. The zero-order chi connectivity index (χ0) is 13.4. The second kappa shape index (κ2) is 4.32. The van der Waals surface area contributed by atoms with Crippen LogP contribution in [0.5, 0.6) is 0 Å². The monoisotopic (exact) mass is 251 g/mol. The fourth-order valence-electron chi connectivity index (χ4n) is 2.01. The lowest BCUT2D eigenvalue weighted by Gasteiger charge is -2.08. The van der Waals surface area contributed by atoms with Gasteiger partial charge in [0.05, 0.1) is 0 Å². The highest BCUT2D eigenvalue weighted by molar-refractivity contribution is 5.74. The Balaban J connectivity index is 2.91. The molecular formula is C11H17N5O2. The van der Waals surface area contributed by atoms with E-state index in [1.807, 2.05) is 20.8 Å². The topological polar surface area (TPSA) is 84.7 Å². The minimum absolute atomic E-state index is 0.0683. The molecule has 0 spiro atoms. The highest BCUT2D eigenvalue weighted by atomic mass is 16.2. The van der Waals surface area contributed by atoms with Gasteiger partial charge < -0.3 is 9.88 Å². The summed E-state index contributed by atoms with van der Waals surface area (Å²) in [4.78, 5) is 30.3. The van der Waals surface area contributed by atoms with Gasteiger partial charge in [0.2, 0.25) is 5.95 Å². The number of anilines is 1. The molecule has 0 aliphatic carbocycles. The van der Waals surface area contributed by atoms with Gasteiger partial charge in [-0.2, -0.15) is 4.98 Å². The van der Waals surface area contributed by atoms with Crippen LogP contribution in [-0.2, 0) is 7.05 Å². The predicted octanol–water partition coefficient (Wildman–Crippen LogP) is 0.436. The Hall–Kier alpha value is -2.05. The molecule has 98 valence electrons. The van der Waals surface area contributed by atoms with Crippen LogP contribution in [0.25, 0.3) is 11.2 Å². The van der Waals surface area contributed by atoms with Crippen molar-refractivity contribution in [3.63, 3.8) is 0 Å². The number of hydrogen-bond donors (Lipinski definition) is 2. The first kappa shape index (κ1) is 12.4. The van der Waals surface area contributed by atoms with Gasteiger partial charge in [-0.05, 0) is 20.8 Å². The van der Waals surface area contributed by atoms with Crippen LogP contribution in [0.4, 0.5) is 5.95 Å². The molecule has 2 N–H and O–H groups in total. The molecule has 7 nitrogen and oxygen atoms in total. The Morgan fingerprint density at radius 2 is 2.06 bits per heavy atom. The minimum atomic E-state index is -0.427. The molecule has 18 heavy (non-hydrogen) atoms. The molecular weight excluding hydrogens is 234 g/mol. The predicted molar refractivity (Wildman–Crippen MR) is 70.1 cm³/mol. The van der Waals surface area contributed by atoms with Gasteiger partial charge in [-0.15, -0.1) is 0 Å². The second-order valence-corrected chi connectivity index (χ2v) is 4.42. The molecule has 0 saturated carbocycles. The van der Waals surface area contributed by atoms with Crippen molar-refractivity contribution in [3.05, 3.63) is 20.8 Å². The van der Waals surface area contributed by atoms with Crippen LogP contribution in [0.2, 0.25) is 0 Å². The van der Waals surface area contributed by atoms with Crippen LogP contribution in [0.15, 0.2) is 9.59 Å². The smallest absolute Gasteiger partial charge is 0.330 e. The number of H-pyrrole nitrogens is 1. The van der Waals surface area contributed by atoms with Crippen LogP contribution in [0.3, 0.4) is 0 Å². The fourth-order valence-corrected chi connectivity index (χ4v) is 2.01. The summed E-state index contributed by atoms with van der Waals surface area (Å²) in [6.07, 6.45) is 0. The molecule has 0 fully saturated rings. The van der Waals surface area contributed by atoms with E-state index in [2.05, 4.69) is 15.3 Å². The first-order valence-corrected chi connectivity index (χ1v) is 5.92. The number of nitrogens with zero attached hydrogens (tertiary/aromatic N) is 3. The summed E-state index contributed by atoms with van der Waals surface area (Å²) in [5.41, 5.74) is -0.0221. The Kier molecular flexibility index (Phi) is 2.98. The van der Waals surface area contributed by atoms with E-state index in [0.717, 1.165) is 0 Å². The van der Waals surface area contributed by atoms with Gasteiger partial charge in [-0.25, -0.2) is 4.79 Å². The van der Waals surface area contributed by atoms with Crippen LogP contribution in [0.1, 0.15) is 26.8 Å². The maximum Gasteiger partial charge on any atom is 0.330 e. The van der Waals surface area contributed by atoms with Gasteiger partial charge in [-0.3, -0.25) is 14.3 Å². The summed E-state index contributed by atoms with van der Waals surface area (Å²) >= 11 is 0. The number of hydrogen-bond acceptors (Lipinski definition) is 4. The number of nitrogens with one attached hydrogen (secondary N) is 2. The largest absolute Gasteiger partial charge is 0.356 e. The summed E-state index contributed by atoms with van der Waals surface area (Å²) in [6.45, 7) is 6.39. The van der Waals surface area contributed by atoms with Crippen molar-refractivity contribution < 1.29 is 0 Å². The Bertz CT molecular complexity index is 692. The summed E-state index contributed by atoms with van der Waals surface area (Å²) in [6, 6.07) is -0.0683. The number of fused-ring (bicyclic) bond motifs is 1. The van der Waals surface area contributed by atoms with Crippen molar-refractivity contribution in [1.82, 2.24) is 19.1 Å². The number of aromatic nitrogens is 4. The third-order valence-corrected chi connectivity index (χ3v) is 2.81. The molecule has 0 amide bonds. The average molecular weight is 251 g/mol. The van der Waals surface area contributed by atoms with Crippen molar-refractivity contribution in [2.45, 2.75) is 26.8 Å². The Morgan fingerprint density at radius 3 is 2.61 bits per heavy atom. The molecule has 0 aromatic carbocycles. The van der Waals surface area contributed by atoms with Gasteiger partial charge in [0.1, 0.15) is 0 Å². The van der Waals surface area contributed by atoms with Gasteiger partial charge in [0, 0.05) is 19.6 Å². The van der Waals surface area contributed by atoms with E-state index in [0.29, 0.717) is 23.7 Å². The zero-order valence-electron chi connectivity index (χ0n) is 10.9. The van der Waals surface area contributed by atoms with Crippen LogP contribution in [0, 0.1) is 0 Å². The lowest BCUT2D eigenvalue weighted by molar-refractivity contribution is 0.580. The maximum absolute atomic E-state index is 11.9. The van der Waals surface area contributed by atoms with Crippen LogP contribution in [-0.4, -0.2) is 25.6 Å². The number of imidazole rings is 1. The van der Waals surface area contributed by atoms with Crippen LogP contribution < -0.4 is 16.6 Å². The molecule has 0 aliphatic heterocycles. The quantitative estimate of drug-likeness (QED) is 0.828. The summed E-state index contributed by atoms with van der Waals surface area (Å²) in [7, 11) is 1.75. The molecule has 7 heteroatoms. The first-order valence-electron chi connectivity index (χ1n) is 5.92. The van der Waals surface area contributed by atoms with Crippen molar-refractivity contribution >= 4 is 17.1 Å². The molecule has 0 bridgehead atoms. The Morgan fingerprint density at radius 1 is 1.39 bits per heavy atom. The normalized spacial score (nSPS) is 11.4. The van der Waals surface area contributed by atoms with E-state index in [-0.39, 0.29) is 6.04 Å². The van der Waals surface area contributed by atoms with E-state index in [4.69, 9.17) is 0 Å². The minimum Gasteiger partial charge on any atom is -0.356 e. The van der Waals surface area contributed by atoms with E-state index in [1.165, 1.54) is 4.57 Å². The van der Waals surface area contributed by atoms with Crippen LogP contribution >= 0.6 is 0 Å². The SMILES string of the molecule is CCNc1nc2c(c(=O)[nH]c(=O)n2C(C)C)n1C. The van der Waals surface area contributed by atoms with E-state index < -0.39 is 11.2 Å². The second-order valence-electron chi connectivity index (χ2n) is 4.42. The van der Waals surface area contributed by atoms with Crippen molar-refractivity contribution in [2.75, 3.05) is 11.9 Å². The van der Waals surface area contributed by atoms with Gasteiger partial charge >= 0.3 is 5.69 Å². The van der Waals surface area contributed by atoms with E-state index in [1.54, 1.807) is 11.6 Å². The molecule has 0 radical (unpaired) electrons. The zero-order valence-corrected chi connectivity index (χ0v) is 10.9. The number of aryl methyl sites for hydroxylation is 1. The standard InChI is InChI=1S/C11H17N5O2/c1-5-12-10-13-8-7(15(10)4)9(17)14-11(18)16(8)6(2)3/h6H,5H2,1-4H3,(H,12,13)(H,14,17,18). The van der Waals surface area contributed by atoms with Crippen molar-refractivity contribution in [2.24, 2.45) is 7.05 Å². The molecule has 2 rings (SSSR count). The lowest BCUT2D eigenvalue weighted by Crippen LogP contribution is -2.31. The molecule has 0 aliphatic rings. The number of rotatable bonds is 3. The maximum atomic E-state index is 11.9. The van der Waals surface area contributed by atoms with E-state index in [9.17, 15) is 9.59 Å².